The molecule has 0 amide bonds. The van der Waals surface area contributed by atoms with E-state index >= 15 is 0 Å². The van der Waals surface area contributed by atoms with E-state index in [9.17, 15) is 8.42 Å². The highest BCUT2D eigenvalue weighted by Gasteiger charge is 2.24. The van der Waals surface area contributed by atoms with Gasteiger partial charge in [-0.15, -0.1) is 0 Å². The lowest BCUT2D eigenvalue weighted by Crippen LogP contribution is -2.35. The predicted molar refractivity (Wildman–Crippen MR) is 68.7 cm³/mol. The number of ether oxygens (including phenoxy) is 1. The summed E-state index contributed by atoms with van der Waals surface area (Å²) in [6.07, 6.45) is 2.85. The first-order valence-corrected chi connectivity index (χ1v) is 7.37. The van der Waals surface area contributed by atoms with Crippen LogP contribution in [0.2, 0.25) is 5.02 Å². The van der Waals surface area contributed by atoms with E-state index in [1.165, 1.54) is 12.4 Å². The summed E-state index contributed by atoms with van der Waals surface area (Å²) in [4.78, 5) is 7.88. The number of hydrogen-bond acceptors (Lipinski definition) is 5. The van der Waals surface area contributed by atoms with Crippen molar-refractivity contribution in [2.75, 3.05) is 6.61 Å². The van der Waals surface area contributed by atoms with Crippen molar-refractivity contribution in [3.8, 4) is 0 Å². The molecule has 0 bridgehead atoms. The van der Waals surface area contributed by atoms with Crippen molar-refractivity contribution in [3.63, 3.8) is 0 Å². The second-order valence-corrected chi connectivity index (χ2v) is 6.40. The van der Waals surface area contributed by atoms with Crippen molar-refractivity contribution in [1.82, 2.24) is 9.97 Å². The summed E-state index contributed by atoms with van der Waals surface area (Å²) in [6.45, 7) is 3.65. The van der Waals surface area contributed by atoms with Crippen molar-refractivity contribution >= 4 is 21.6 Å². The topological polar surface area (TPSA) is 95.2 Å². The summed E-state index contributed by atoms with van der Waals surface area (Å²) in [6, 6.07) is 0. The molecule has 1 heterocycles. The SMILES string of the molecule is CC(C)OC[C@H](Cc1ncc(Cl)cn1)S(N)(=O)=O. The van der Waals surface area contributed by atoms with E-state index in [1.807, 2.05) is 13.8 Å². The van der Waals surface area contributed by atoms with Crippen LogP contribution in [0.1, 0.15) is 19.7 Å². The lowest BCUT2D eigenvalue weighted by Gasteiger charge is -2.16. The highest BCUT2D eigenvalue weighted by molar-refractivity contribution is 7.89. The molecule has 0 aliphatic heterocycles. The highest BCUT2D eigenvalue weighted by Crippen LogP contribution is 2.08. The van der Waals surface area contributed by atoms with Crippen LogP contribution in [0.25, 0.3) is 0 Å². The van der Waals surface area contributed by atoms with E-state index in [4.69, 9.17) is 21.5 Å². The molecule has 2 N–H and O–H groups in total. The van der Waals surface area contributed by atoms with Gasteiger partial charge in [-0.05, 0) is 13.8 Å². The van der Waals surface area contributed by atoms with Crippen LogP contribution in [0.15, 0.2) is 12.4 Å². The minimum absolute atomic E-state index is 0.0164. The van der Waals surface area contributed by atoms with Crippen molar-refractivity contribution in [2.24, 2.45) is 5.14 Å². The molecule has 0 fully saturated rings. The quantitative estimate of drug-likeness (QED) is 0.835. The van der Waals surface area contributed by atoms with Gasteiger partial charge < -0.3 is 4.74 Å². The van der Waals surface area contributed by atoms with Gasteiger partial charge in [0.15, 0.2) is 0 Å². The van der Waals surface area contributed by atoms with Gasteiger partial charge in [-0.25, -0.2) is 23.5 Å². The highest BCUT2D eigenvalue weighted by atomic mass is 35.5. The second kappa shape index (κ2) is 6.42. The second-order valence-electron chi connectivity index (χ2n) is 4.11. The van der Waals surface area contributed by atoms with E-state index in [-0.39, 0.29) is 19.1 Å². The van der Waals surface area contributed by atoms with Gasteiger partial charge in [0.05, 0.1) is 17.7 Å². The third-order valence-electron chi connectivity index (χ3n) is 2.16. The Morgan fingerprint density at radius 3 is 2.39 bits per heavy atom. The molecular formula is C10H16ClN3O3S. The fourth-order valence-electron chi connectivity index (χ4n) is 1.22. The van der Waals surface area contributed by atoms with Crippen molar-refractivity contribution in [3.05, 3.63) is 23.2 Å². The molecule has 8 heteroatoms. The first kappa shape index (κ1) is 15.3. The Hall–Kier alpha value is -0.760. The molecule has 1 aromatic rings. The zero-order valence-electron chi connectivity index (χ0n) is 10.2. The molecule has 0 radical (unpaired) electrons. The zero-order valence-corrected chi connectivity index (χ0v) is 11.8. The number of nitrogens with zero attached hydrogens (tertiary/aromatic N) is 2. The van der Waals surface area contributed by atoms with E-state index in [0.717, 1.165) is 0 Å². The smallest absolute Gasteiger partial charge is 0.214 e. The number of hydrogen-bond donors (Lipinski definition) is 1. The van der Waals surface area contributed by atoms with Gasteiger partial charge in [-0.1, -0.05) is 11.6 Å². The Morgan fingerprint density at radius 2 is 1.94 bits per heavy atom. The fraction of sp³-hybridized carbons (Fsp3) is 0.600. The average molecular weight is 294 g/mol. The normalized spacial score (nSPS) is 13.8. The number of nitrogens with two attached hydrogens (primary N) is 1. The Bertz CT molecular complexity index is 476. The van der Waals surface area contributed by atoms with Gasteiger partial charge in [0.1, 0.15) is 11.1 Å². The molecule has 1 aromatic heterocycles. The van der Waals surface area contributed by atoms with Crippen molar-refractivity contribution < 1.29 is 13.2 Å². The van der Waals surface area contributed by atoms with Gasteiger partial charge in [0, 0.05) is 18.8 Å². The minimum atomic E-state index is -3.71. The van der Waals surface area contributed by atoms with E-state index < -0.39 is 15.3 Å². The molecule has 0 saturated heterocycles. The summed E-state index contributed by atoms with van der Waals surface area (Å²) < 4.78 is 28.1. The van der Waals surface area contributed by atoms with Crippen LogP contribution in [0, 0.1) is 0 Å². The molecule has 0 aliphatic carbocycles. The Morgan fingerprint density at radius 1 is 1.39 bits per heavy atom. The Kier molecular flexibility index (Phi) is 5.46. The number of sulfonamides is 1. The molecule has 6 nitrogen and oxygen atoms in total. The van der Waals surface area contributed by atoms with Crippen molar-refractivity contribution in [2.45, 2.75) is 31.6 Å². The third kappa shape index (κ3) is 5.26. The Labute approximate surface area is 112 Å². The summed E-state index contributed by atoms with van der Waals surface area (Å²) >= 11 is 5.65. The first-order chi connectivity index (χ1) is 8.29. The molecule has 0 saturated carbocycles. The van der Waals surface area contributed by atoms with Crippen LogP contribution in [0.3, 0.4) is 0 Å². The van der Waals surface area contributed by atoms with Gasteiger partial charge in [0.2, 0.25) is 10.0 Å². The summed E-state index contributed by atoms with van der Waals surface area (Å²) in [5.41, 5.74) is 0. The third-order valence-corrected chi connectivity index (χ3v) is 3.59. The molecule has 0 spiro atoms. The van der Waals surface area contributed by atoms with Crippen LogP contribution >= 0.6 is 11.6 Å². The number of halogens is 1. The molecule has 0 unspecified atom stereocenters. The molecule has 1 rings (SSSR count). The Balaban J connectivity index is 2.75. The van der Waals surface area contributed by atoms with E-state index in [0.29, 0.717) is 10.8 Å². The fourth-order valence-corrected chi connectivity index (χ4v) is 1.96. The predicted octanol–water partition coefficient (Wildman–Crippen LogP) is 0.755. The first-order valence-electron chi connectivity index (χ1n) is 5.38. The van der Waals surface area contributed by atoms with Crippen LogP contribution < -0.4 is 5.14 Å². The maximum absolute atomic E-state index is 11.4. The van der Waals surface area contributed by atoms with Gasteiger partial charge in [-0.3, -0.25) is 0 Å². The molecule has 0 aliphatic rings. The van der Waals surface area contributed by atoms with Gasteiger partial charge in [-0.2, -0.15) is 0 Å². The molecular weight excluding hydrogens is 278 g/mol. The van der Waals surface area contributed by atoms with Crippen molar-refractivity contribution in [1.29, 1.82) is 0 Å². The molecule has 102 valence electrons. The number of rotatable bonds is 6. The summed E-state index contributed by atoms with van der Waals surface area (Å²) in [5.74, 6) is 0.366. The van der Waals surface area contributed by atoms with Crippen LogP contribution in [0.4, 0.5) is 0 Å². The molecule has 1 atom stereocenters. The van der Waals surface area contributed by atoms with Crippen LogP contribution in [-0.2, 0) is 21.2 Å². The maximum atomic E-state index is 11.4. The zero-order chi connectivity index (χ0) is 13.8. The summed E-state index contributed by atoms with van der Waals surface area (Å²) in [5, 5.41) is 4.69. The monoisotopic (exact) mass is 293 g/mol. The standard InChI is InChI=1S/C10H16ClN3O3S/c1-7(2)17-6-9(18(12,15)16)3-10-13-4-8(11)5-14-10/h4-5,7,9H,3,6H2,1-2H3,(H2,12,15,16)/t9-/m0/s1. The van der Waals surface area contributed by atoms with Crippen LogP contribution in [0.5, 0.6) is 0 Å². The van der Waals surface area contributed by atoms with E-state index in [2.05, 4.69) is 9.97 Å². The molecule has 0 aromatic carbocycles. The van der Waals surface area contributed by atoms with Gasteiger partial charge in [0.25, 0.3) is 0 Å². The maximum Gasteiger partial charge on any atom is 0.214 e. The number of primary sulfonamides is 1. The molecule has 18 heavy (non-hydrogen) atoms. The van der Waals surface area contributed by atoms with Gasteiger partial charge >= 0.3 is 0 Å². The minimum Gasteiger partial charge on any atom is -0.377 e. The van der Waals surface area contributed by atoms with Crippen LogP contribution in [-0.4, -0.2) is 36.3 Å². The lowest BCUT2D eigenvalue weighted by atomic mass is 10.3. The lowest BCUT2D eigenvalue weighted by molar-refractivity contribution is 0.0784. The average Bonchev–Trinajstić information content (AvgIpc) is 2.24. The number of aromatic nitrogens is 2. The largest absolute Gasteiger partial charge is 0.377 e. The summed E-state index contributed by atoms with van der Waals surface area (Å²) in [7, 11) is -3.71. The van der Waals surface area contributed by atoms with E-state index in [1.54, 1.807) is 0 Å².